The van der Waals surface area contributed by atoms with Crippen LogP contribution in [0.15, 0.2) is 48.5 Å². The molecule has 0 aliphatic heterocycles. The van der Waals surface area contributed by atoms with Gasteiger partial charge in [0, 0.05) is 5.56 Å². The van der Waals surface area contributed by atoms with Crippen molar-refractivity contribution in [1.29, 1.82) is 0 Å². The Morgan fingerprint density at radius 1 is 1.22 bits per heavy atom. The molecule has 1 amide bonds. The molecule has 0 spiro atoms. The molecule has 138 valence electrons. The number of aryl methyl sites for hydroxylation is 1. The van der Waals surface area contributed by atoms with E-state index in [1.165, 1.54) is 5.56 Å². The van der Waals surface area contributed by atoms with Crippen LogP contribution in [0.3, 0.4) is 0 Å². The van der Waals surface area contributed by atoms with Gasteiger partial charge in [-0.15, -0.1) is 0 Å². The standard InChI is InChI=1S/C21H21N3O3/c1-27-16-9-10-17-14(11-16)3-2-4-18(17)22-21(26)20-12-19(23-24-20)13-5-7-15(25)8-6-13/h5-12,18,25H,2-4H2,1H3,(H,22,26)(H,23,24)/t18-/m0/s1. The van der Waals surface area contributed by atoms with E-state index in [2.05, 4.69) is 15.5 Å². The number of hydrogen-bond acceptors (Lipinski definition) is 4. The number of H-pyrrole nitrogens is 1. The van der Waals surface area contributed by atoms with E-state index >= 15 is 0 Å². The number of ether oxygens (including phenoxy) is 1. The van der Waals surface area contributed by atoms with Crippen LogP contribution in [-0.2, 0) is 6.42 Å². The Morgan fingerprint density at radius 3 is 2.81 bits per heavy atom. The van der Waals surface area contributed by atoms with Crippen molar-refractivity contribution in [3.05, 3.63) is 65.4 Å². The zero-order valence-corrected chi connectivity index (χ0v) is 15.0. The van der Waals surface area contributed by atoms with Crippen LogP contribution in [-0.4, -0.2) is 28.3 Å². The van der Waals surface area contributed by atoms with E-state index in [0.29, 0.717) is 11.4 Å². The first-order valence-corrected chi connectivity index (χ1v) is 8.96. The number of aromatic amines is 1. The maximum atomic E-state index is 12.7. The van der Waals surface area contributed by atoms with E-state index in [0.717, 1.165) is 36.1 Å². The Bertz CT molecular complexity index is 963. The summed E-state index contributed by atoms with van der Waals surface area (Å²) in [6, 6.07) is 14.4. The molecule has 2 aromatic carbocycles. The lowest BCUT2D eigenvalue weighted by Gasteiger charge is -2.26. The molecule has 1 aromatic heterocycles. The van der Waals surface area contributed by atoms with Crippen LogP contribution >= 0.6 is 0 Å². The second-order valence-electron chi connectivity index (χ2n) is 6.70. The third-order valence-corrected chi connectivity index (χ3v) is 4.96. The second-order valence-corrected chi connectivity index (χ2v) is 6.70. The first-order chi connectivity index (χ1) is 13.1. The van der Waals surface area contributed by atoms with Crippen LogP contribution in [0.4, 0.5) is 0 Å². The lowest BCUT2D eigenvalue weighted by Crippen LogP contribution is -2.31. The normalized spacial score (nSPS) is 15.8. The number of amides is 1. The van der Waals surface area contributed by atoms with Gasteiger partial charge in [-0.05, 0) is 72.9 Å². The van der Waals surface area contributed by atoms with Gasteiger partial charge in [-0.25, -0.2) is 0 Å². The van der Waals surface area contributed by atoms with Crippen molar-refractivity contribution < 1.29 is 14.6 Å². The number of phenols is 1. The third kappa shape index (κ3) is 3.51. The average Bonchev–Trinajstić information content (AvgIpc) is 3.18. The van der Waals surface area contributed by atoms with Crippen LogP contribution < -0.4 is 10.1 Å². The van der Waals surface area contributed by atoms with Gasteiger partial charge in [0.15, 0.2) is 0 Å². The summed E-state index contributed by atoms with van der Waals surface area (Å²) >= 11 is 0. The number of carbonyl (C=O) groups is 1. The fourth-order valence-corrected chi connectivity index (χ4v) is 3.52. The SMILES string of the molecule is COc1ccc2c(c1)CCC[C@@H]2NC(=O)c1cc(-c2ccc(O)cc2)n[nH]1. The Balaban J connectivity index is 1.51. The number of rotatable bonds is 4. The highest BCUT2D eigenvalue weighted by molar-refractivity contribution is 5.93. The predicted octanol–water partition coefficient (Wildman–Crippen LogP) is 3.60. The summed E-state index contributed by atoms with van der Waals surface area (Å²) in [5.74, 6) is 0.855. The van der Waals surface area contributed by atoms with Crippen LogP contribution in [0.5, 0.6) is 11.5 Å². The van der Waals surface area contributed by atoms with Gasteiger partial charge in [-0.1, -0.05) is 6.07 Å². The molecule has 0 radical (unpaired) electrons. The van der Waals surface area contributed by atoms with E-state index in [9.17, 15) is 9.90 Å². The number of nitrogens with one attached hydrogen (secondary N) is 2. The molecule has 0 saturated carbocycles. The number of carbonyl (C=O) groups excluding carboxylic acids is 1. The Hall–Kier alpha value is -3.28. The summed E-state index contributed by atoms with van der Waals surface area (Å²) < 4.78 is 5.30. The number of aromatic hydroxyl groups is 1. The van der Waals surface area contributed by atoms with E-state index in [4.69, 9.17) is 4.74 Å². The summed E-state index contributed by atoms with van der Waals surface area (Å²) in [7, 11) is 1.66. The highest BCUT2D eigenvalue weighted by Crippen LogP contribution is 2.32. The topological polar surface area (TPSA) is 87.2 Å². The van der Waals surface area contributed by atoms with Crippen LogP contribution in [0.25, 0.3) is 11.3 Å². The van der Waals surface area contributed by atoms with Crippen molar-refractivity contribution >= 4 is 5.91 Å². The summed E-state index contributed by atoms with van der Waals surface area (Å²) in [5.41, 5.74) is 4.28. The minimum atomic E-state index is -0.179. The van der Waals surface area contributed by atoms with E-state index < -0.39 is 0 Å². The number of methoxy groups -OCH3 is 1. The largest absolute Gasteiger partial charge is 0.508 e. The first-order valence-electron chi connectivity index (χ1n) is 8.96. The Morgan fingerprint density at radius 2 is 2.04 bits per heavy atom. The highest BCUT2D eigenvalue weighted by Gasteiger charge is 2.23. The van der Waals surface area contributed by atoms with Gasteiger partial charge in [0.05, 0.1) is 18.8 Å². The Labute approximate surface area is 157 Å². The molecule has 27 heavy (non-hydrogen) atoms. The van der Waals surface area contributed by atoms with Crippen LogP contribution in [0, 0.1) is 0 Å². The Kier molecular flexibility index (Phi) is 4.54. The minimum absolute atomic E-state index is 0.0208. The maximum absolute atomic E-state index is 12.7. The molecule has 3 N–H and O–H groups in total. The zero-order chi connectivity index (χ0) is 18.8. The van der Waals surface area contributed by atoms with Gasteiger partial charge in [-0.3, -0.25) is 9.89 Å². The number of hydrogen-bond donors (Lipinski definition) is 3. The van der Waals surface area contributed by atoms with Gasteiger partial charge in [0.1, 0.15) is 17.2 Å². The van der Waals surface area contributed by atoms with Gasteiger partial charge < -0.3 is 15.2 Å². The molecule has 0 unspecified atom stereocenters. The molecule has 0 fully saturated rings. The van der Waals surface area contributed by atoms with Crippen LogP contribution in [0.1, 0.15) is 40.5 Å². The summed E-state index contributed by atoms with van der Waals surface area (Å²) in [5, 5.41) is 19.5. The van der Waals surface area contributed by atoms with Crippen molar-refractivity contribution in [2.45, 2.75) is 25.3 Å². The van der Waals surface area contributed by atoms with E-state index in [1.807, 2.05) is 18.2 Å². The van der Waals surface area contributed by atoms with Crippen molar-refractivity contribution in [3.8, 4) is 22.8 Å². The molecule has 6 nitrogen and oxygen atoms in total. The monoisotopic (exact) mass is 363 g/mol. The molecular formula is C21H21N3O3. The smallest absolute Gasteiger partial charge is 0.269 e. The van der Waals surface area contributed by atoms with Gasteiger partial charge in [0.2, 0.25) is 0 Å². The molecule has 0 bridgehead atoms. The molecule has 6 heteroatoms. The molecule has 1 atom stereocenters. The fraction of sp³-hybridized carbons (Fsp3) is 0.238. The predicted molar refractivity (Wildman–Crippen MR) is 102 cm³/mol. The second kappa shape index (κ2) is 7.15. The number of nitrogens with zero attached hydrogens (tertiary/aromatic N) is 1. The van der Waals surface area contributed by atoms with Crippen molar-refractivity contribution in [3.63, 3.8) is 0 Å². The van der Waals surface area contributed by atoms with Crippen LogP contribution in [0.2, 0.25) is 0 Å². The van der Waals surface area contributed by atoms with Gasteiger partial charge in [0.25, 0.3) is 5.91 Å². The van der Waals surface area contributed by atoms with Gasteiger partial charge in [-0.2, -0.15) is 5.10 Å². The molecule has 1 aliphatic rings. The molecule has 3 aromatic rings. The first kappa shape index (κ1) is 17.1. The van der Waals surface area contributed by atoms with Crippen molar-refractivity contribution in [2.24, 2.45) is 0 Å². The molecule has 4 rings (SSSR count). The van der Waals surface area contributed by atoms with Crippen molar-refractivity contribution in [2.75, 3.05) is 7.11 Å². The molecule has 1 heterocycles. The molecular weight excluding hydrogens is 342 g/mol. The molecule has 1 aliphatic carbocycles. The maximum Gasteiger partial charge on any atom is 0.269 e. The summed E-state index contributed by atoms with van der Waals surface area (Å²) in [6.45, 7) is 0. The number of aromatic nitrogens is 2. The number of benzene rings is 2. The van der Waals surface area contributed by atoms with Crippen molar-refractivity contribution in [1.82, 2.24) is 15.5 Å². The zero-order valence-electron chi connectivity index (χ0n) is 15.0. The number of fused-ring (bicyclic) bond motifs is 1. The molecule has 0 saturated heterocycles. The lowest BCUT2D eigenvalue weighted by molar-refractivity contribution is 0.0927. The lowest BCUT2D eigenvalue weighted by atomic mass is 9.87. The summed E-state index contributed by atoms with van der Waals surface area (Å²) in [4.78, 5) is 12.7. The average molecular weight is 363 g/mol. The van der Waals surface area contributed by atoms with E-state index in [1.54, 1.807) is 37.4 Å². The fourth-order valence-electron chi connectivity index (χ4n) is 3.52. The third-order valence-electron chi connectivity index (χ3n) is 4.96. The highest BCUT2D eigenvalue weighted by atomic mass is 16.5. The van der Waals surface area contributed by atoms with Gasteiger partial charge >= 0.3 is 0 Å². The minimum Gasteiger partial charge on any atom is -0.508 e. The number of phenolic OH excluding ortho intramolecular Hbond substituents is 1. The quantitative estimate of drug-likeness (QED) is 0.661. The van der Waals surface area contributed by atoms with E-state index in [-0.39, 0.29) is 17.7 Å². The summed E-state index contributed by atoms with van der Waals surface area (Å²) in [6.07, 6.45) is 2.92.